The van der Waals surface area contributed by atoms with Crippen LogP contribution in [-0.4, -0.2) is 78.2 Å². The van der Waals surface area contributed by atoms with Gasteiger partial charge in [-0.2, -0.15) is 0 Å². The summed E-state index contributed by atoms with van der Waals surface area (Å²) in [5, 5.41) is 9.15. The van der Waals surface area contributed by atoms with Crippen molar-refractivity contribution in [2.45, 2.75) is 44.3 Å². The van der Waals surface area contributed by atoms with Crippen molar-refractivity contribution >= 4 is 63.9 Å². The Bertz CT molecular complexity index is 1250. The summed E-state index contributed by atoms with van der Waals surface area (Å²) >= 11 is 13.4. The van der Waals surface area contributed by atoms with E-state index < -0.39 is 23.9 Å². The maximum Gasteiger partial charge on any atom is 0.313 e. The molecule has 3 atom stereocenters. The molecule has 38 heavy (non-hydrogen) atoms. The molecule has 10 nitrogen and oxygen atoms in total. The summed E-state index contributed by atoms with van der Waals surface area (Å²) in [6.45, 7) is 1.63. The Morgan fingerprint density at radius 2 is 1.84 bits per heavy atom. The first-order chi connectivity index (χ1) is 18.0. The zero-order chi connectivity index (χ0) is 27.6. The van der Waals surface area contributed by atoms with E-state index in [1.165, 1.54) is 28.4 Å². The van der Waals surface area contributed by atoms with Crippen LogP contribution in [0.1, 0.15) is 39.6 Å². The summed E-state index contributed by atoms with van der Waals surface area (Å²) in [6.07, 6.45) is 2.03. The molecule has 3 N–H and O–H groups in total. The predicted octanol–water partition coefficient (Wildman–Crippen LogP) is 2.55. The lowest BCUT2D eigenvalue weighted by atomic mass is 9.81. The molecule has 2 aromatic rings. The van der Waals surface area contributed by atoms with Crippen LogP contribution in [-0.2, 0) is 27.3 Å². The number of carbonyl (C=O) groups is 4. The molecule has 2 aliphatic rings. The maximum absolute atomic E-state index is 13.2. The summed E-state index contributed by atoms with van der Waals surface area (Å²) in [6, 6.07) is 3.39. The number of nitrogens with one attached hydrogen (secondary N) is 3. The third kappa shape index (κ3) is 6.63. The molecule has 1 fully saturated rings. The minimum absolute atomic E-state index is 0.0445. The smallest absolute Gasteiger partial charge is 0.313 e. The van der Waals surface area contributed by atoms with E-state index in [1.807, 2.05) is 7.05 Å². The maximum atomic E-state index is 13.2. The number of halogens is 2. The number of anilines is 1. The SMILES string of the molecule is CN1CCc2nc(C(=O)N[C@@H]3C[C@@H](C(=O)N(C)C)CC[C@@H]3NC(=O)C(=O)Nc3ccc(Cl)cc3Cl)sc2C1. The quantitative estimate of drug-likeness (QED) is 0.467. The molecule has 0 bridgehead atoms. The Hall–Kier alpha value is -2.73. The fourth-order valence-corrected chi connectivity index (χ4v) is 6.29. The topological polar surface area (TPSA) is 124 Å². The molecule has 0 unspecified atom stereocenters. The Morgan fingerprint density at radius 3 is 2.55 bits per heavy atom. The van der Waals surface area contributed by atoms with E-state index in [1.54, 1.807) is 20.2 Å². The first-order valence-electron chi connectivity index (χ1n) is 12.3. The first-order valence-corrected chi connectivity index (χ1v) is 13.8. The van der Waals surface area contributed by atoms with E-state index in [0.29, 0.717) is 29.3 Å². The van der Waals surface area contributed by atoms with Gasteiger partial charge in [-0.3, -0.25) is 19.2 Å². The van der Waals surface area contributed by atoms with Crippen LogP contribution >= 0.6 is 34.5 Å². The van der Waals surface area contributed by atoms with Crippen molar-refractivity contribution in [1.29, 1.82) is 0 Å². The van der Waals surface area contributed by atoms with Gasteiger partial charge in [0, 0.05) is 55.5 Å². The molecule has 0 radical (unpaired) electrons. The summed E-state index contributed by atoms with van der Waals surface area (Å²) in [7, 11) is 5.40. The van der Waals surface area contributed by atoms with Crippen molar-refractivity contribution in [1.82, 2.24) is 25.4 Å². The molecule has 1 aromatic heterocycles. The minimum atomic E-state index is -0.900. The summed E-state index contributed by atoms with van der Waals surface area (Å²) in [5.74, 6) is -2.49. The van der Waals surface area contributed by atoms with Crippen LogP contribution < -0.4 is 16.0 Å². The van der Waals surface area contributed by atoms with Crippen molar-refractivity contribution in [2.75, 3.05) is 33.0 Å². The molecule has 4 amide bonds. The van der Waals surface area contributed by atoms with Crippen molar-refractivity contribution in [3.8, 4) is 0 Å². The molecule has 0 spiro atoms. The second kappa shape index (κ2) is 12.0. The molecule has 1 aliphatic heterocycles. The number of amides is 4. The van der Waals surface area contributed by atoms with Crippen LogP contribution in [0.4, 0.5) is 5.69 Å². The highest BCUT2D eigenvalue weighted by Gasteiger charge is 2.37. The molecule has 1 saturated carbocycles. The van der Waals surface area contributed by atoms with E-state index in [4.69, 9.17) is 23.2 Å². The zero-order valence-corrected chi connectivity index (χ0v) is 23.7. The van der Waals surface area contributed by atoms with Gasteiger partial charge in [-0.15, -0.1) is 11.3 Å². The minimum Gasteiger partial charge on any atom is -0.349 e. The number of hydrogen-bond acceptors (Lipinski definition) is 7. The molecule has 2 heterocycles. The second-order valence-electron chi connectivity index (χ2n) is 9.86. The number of hydrogen-bond donors (Lipinski definition) is 3. The Balaban J connectivity index is 1.46. The van der Waals surface area contributed by atoms with Gasteiger partial charge in [-0.05, 0) is 44.5 Å². The van der Waals surface area contributed by atoms with Crippen molar-refractivity contribution < 1.29 is 19.2 Å². The highest BCUT2D eigenvalue weighted by molar-refractivity contribution is 7.13. The third-order valence-corrected chi connectivity index (χ3v) is 8.40. The predicted molar refractivity (Wildman–Crippen MR) is 146 cm³/mol. The molecular formula is C25H30Cl2N6O4S. The fourth-order valence-electron chi connectivity index (χ4n) is 4.75. The standard InChI is InChI=1S/C25H30Cl2N6O4S/c1-32(2)25(37)13-4-6-17(29-22(35)21(34)28-16-7-5-14(26)11-15(16)27)19(10-13)30-23(36)24-31-18-8-9-33(3)12-20(18)38-24/h5,7,11,13,17,19H,4,6,8-10,12H2,1-3H3,(H,28,34)(H,29,35)(H,30,36)/t13-,17-,19+/m0/s1. The fraction of sp³-hybridized carbons (Fsp3) is 0.480. The van der Waals surface area contributed by atoms with Crippen molar-refractivity contribution in [3.63, 3.8) is 0 Å². The Kier molecular flexibility index (Phi) is 8.92. The van der Waals surface area contributed by atoms with E-state index in [-0.39, 0.29) is 28.4 Å². The number of carbonyl (C=O) groups excluding carboxylic acids is 4. The number of nitrogens with zero attached hydrogens (tertiary/aromatic N) is 3. The lowest BCUT2D eigenvalue weighted by molar-refractivity contribution is -0.137. The first kappa shape index (κ1) is 28.3. The molecular weight excluding hydrogens is 551 g/mol. The van der Waals surface area contributed by atoms with E-state index in [2.05, 4.69) is 25.8 Å². The normalized spacial score (nSPS) is 21.2. The molecule has 13 heteroatoms. The van der Waals surface area contributed by atoms with Crippen LogP contribution in [0.25, 0.3) is 0 Å². The number of fused-ring (bicyclic) bond motifs is 1. The largest absolute Gasteiger partial charge is 0.349 e. The number of benzene rings is 1. The second-order valence-corrected chi connectivity index (χ2v) is 11.8. The molecule has 4 rings (SSSR count). The lowest BCUT2D eigenvalue weighted by Gasteiger charge is -2.37. The van der Waals surface area contributed by atoms with E-state index >= 15 is 0 Å². The average molecular weight is 582 g/mol. The van der Waals surface area contributed by atoms with Gasteiger partial charge in [0.05, 0.1) is 22.4 Å². The van der Waals surface area contributed by atoms with Gasteiger partial charge in [0.25, 0.3) is 5.91 Å². The number of thiazole rings is 1. The van der Waals surface area contributed by atoms with E-state index in [9.17, 15) is 19.2 Å². The highest BCUT2D eigenvalue weighted by Crippen LogP contribution is 2.29. The summed E-state index contributed by atoms with van der Waals surface area (Å²) in [5.41, 5.74) is 1.18. The highest BCUT2D eigenvalue weighted by atomic mass is 35.5. The molecule has 204 valence electrons. The van der Waals surface area contributed by atoms with Crippen LogP contribution in [0.5, 0.6) is 0 Å². The van der Waals surface area contributed by atoms with Gasteiger partial charge in [-0.1, -0.05) is 23.2 Å². The number of rotatable bonds is 5. The molecule has 1 aromatic carbocycles. The summed E-state index contributed by atoms with van der Waals surface area (Å²) in [4.78, 5) is 60.6. The summed E-state index contributed by atoms with van der Waals surface area (Å²) < 4.78 is 0. The van der Waals surface area contributed by atoms with Crippen LogP contribution in [0, 0.1) is 5.92 Å². The lowest BCUT2D eigenvalue weighted by Crippen LogP contribution is -2.57. The average Bonchev–Trinajstić information content (AvgIpc) is 3.29. The third-order valence-electron chi connectivity index (χ3n) is 6.78. The Labute approximate surface area is 235 Å². The van der Waals surface area contributed by atoms with Crippen LogP contribution in [0.3, 0.4) is 0 Å². The van der Waals surface area contributed by atoms with Crippen molar-refractivity contribution in [3.05, 3.63) is 43.8 Å². The van der Waals surface area contributed by atoms with Gasteiger partial charge < -0.3 is 25.8 Å². The van der Waals surface area contributed by atoms with Gasteiger partial charge in [-0.25, -0.2) is 4.98 Å². The van der Waals surface area contributed by atoms with Gasteiger partial charge in [0.1, 0.15) is 0 Å². The van der Waals surface area contributed by atoms with Gasteiger partial charge >= 0.3 is 11.8 Å². The molecule has 0 saturated heterocycles. The monoisotopic (exact) mass is 580 g/mol. The van der Waals surface area contributed by atoms with E-state index in [0.717, 1.165) is 30.1 Å². The Morgan fingerprint density at radius 1 is 1.08 bits per heavy atom. The van der Waals surface area contributed by atoms with Crippen molar-refractivity contribution in [2.24, 2.45) is 5.92 Å². The number of aromatic nitrogens is 1. The molecule has 1 aliphatic carbocycles. The van der Waals surface area contributed by atoms with Crippen LogP contribution in [0.2, 0.25) is 10.0 Å². The van der Waals surface area contributed by atoms with Crippen LogP contribution in [0.15, 0.2) is 18.2 Å². The van der Waals surface area contributed by atoms with Gasteiger partial charge in [0.15, 0.2) is 5.01 Å². The van der Waals surface area contributed by atoms with Gasteiger partial charge in [0.2, 0.25) is 5.91 Å². The number of likely N-dealkylation sites (N-methyl/N-ethyl adjacent to an activating group) is 1. The zero-order valence-electron chi connectivity index (χ0n) is 21.3.